The van der Waals surface area contributed by atoms with Crippen molar-refractivity contribution in [3.8, 4) is 11.5 Å². The fourth-order valence-corrected chi connectivity index (χ4v) is 3.86. The normalized spacial score (nSPS) is 14.3. The van der Waals surface area contributed by atoms with Crippen molar-refractivity contribution in [3.63, 3.8) is 0 Å². The van der Waals surface area contributed by atoms with Crippen molar-refractivity contribution < 1.29 is 23.9 Å². The van der Waals surface area contributed by atoms with Gasteiger partial charge in [0.05, 0.1) is 21.7 Å². The number of halogens is 1. The SMILES string of the molecule is CCCCOc1c(I)cc(/C=C2\N=C(c3ccc([N+](=O)[O-])c(C)c3)OC2=O)cc1OCC. The second kappa shape index (κ2) is 10.6. The van der Waals surface area contributed by atoms with Crippen molar-refractivity contribution in [2.45, 2.75) is 33.6 Å². The number of rotatable bonds is 9. The maximum Gasteiger partial charge on any atom is 0.363 e. The Morgan fingerprint density at radius 3 is 2.66 bits per heavy atom. The Hall–Kier alpha value is -2.95. The van der Waals surface area contributed by atoms with Gasteiger partial charge in [-0.2, -0.15) is 0 Å². The average molecular weight is 550 g/mol. The molecule has 3 rings (SSSR count). The van der Waals surface area contributed by atoms with E-state index >= 15 is 0 Å². The van der Waals surface area contributed by atoms with Gasteiger partial charge >= 0.3 is 5.97 Å². The number of esters is 1. The third-order valence-electron chi connectivity index (χ3n) is 4.64. The lowest BCUT2D eigenvalue weighted by Gasteiger charge is -2.14. The highest BCUT2D eigenvalue weighted by Crippen LogP contribution is 2.35. The summed E-state index contributed by atoms with van der Waals surface area (Å²) in [5, 5.41) is 11.0. The maximum atomic E-state index is 12.4. The van der Waals surface area contributed by atoms with E-state index in [9.17, 15) is 14.9 Å². The largest absolute Gasteiger partial charge is 0.490 e. The van der Waals surface area contributed by atoms with Crippen LogP contribution < -0.4 is 9.47 Å². The number of ether oxygens (including phenoxy) is 3. The zero-order chi connectivity index (χ0) is 23.3. The summed E-state index contributed by atoms with van der Waals surface area (Å²) >= 11 is 2.18. The first-order valence-corrected chi connectivity index (χ1v) is 11.3. The van der Waals surface area contributed by atoms with Crippen LogP contribution in [-0.4, -0.2) is 30.0 Å². The van der Waals surface area contributed by atoms with Gasteiger partial charge in [0.1, 0.15) is 0 Å². The molecule has 2 aromatic carbocycles. The Kier molecular flexibility index (Phi) is 7.84. The minimum Gasteiger partial charge on any atom is -0.490 e. The van der Waals surface area contributed by atoms with E-state index in [-0.39, 0.29) is 17.3 Å². The van der Waals surface area contributed by atoms with Crippen LogP contribution in [0.15, 0.2) is 41.0 Å². The molecule has 2 aromatic rings. The van der Waals surface area contributed by atoms with Gasteiger partial charge in [0.15, 0.2) is 17.2 Å². The van der Waals surface area contributed by atoms with Crippen molar-refractivity contribution in [2.24, 2.45) is 4.99 Å². The highest BCUT2D eigenvalue weighted by Gasteiger charge is 2.25. The molecule has 0 N–H and O–H groups in total. The lowest BCUT2D eigenvalue weighted by molar-refractivity contribution is -0.385. The minimum absolute atomic E-state index is 0.00582. The van der Waals surface area contributed by atoms with Crippen LogP contribution in [0.5, 0.6) is 11.5 Å². The Labute approximate surface area is 199 Å². The molecule has 0 bridgehead atoms. The van der Waals surface area contributed by atoms with Crippen molar-refractivity contribution in [3.05, 3.63) is 66.4 Å². The zero-order valence-electron chi connectivity index (χ0n) is 18.0. The van der Waals surface area contributed by atoms with Crippen LogP contribution in [0.4, 0.5) is 5.69 Å². The van der Waals surface area contributed by atoms with Crippen molar-refractivity contribution in [1.82, 2.24) is 0 Å². The molecule has 0 spiro atoms. The molecule has 0 fully saturated rings. The summed E-state index contributed by atoms with van der Waals surface area (Å²) in [6, 6.07) is 8.15. The van der Waals surface area contributed by atoms with Crippen LogP contribution in [0.1, 0.15) is 43.4 Å². The van der Waals surface area contributed by atoms with E-state index in [1.54, 1.807) is 25.1 Å². The number of nitro groups is 1. The predicted molar refractivity (Wildman–Crippen MR) is 129 cm³/mol. The molecule has 9 heteroatoms. The standard InChI is InChI=1S/C23H23IN2O6/c1-4-6-9-31-21-17(24)11-15(13-20(21)30-5-2)12-18-23(27)32-22(25-18)16-7-8-19(26(28)29)14(3)10-16/h7-8,10-13H,4-6,9H2,1-3H3/b18-12-. The van der Waals surface area contributed by atoms with E-state index in [1.807, 2.05) is 13.0 Å². The lowest BCUT2D eigenvalue weighted by Crippen LogP contribution is -2.06. The number of cyclic esters (lactones) is 1. The number of nitro benzene ring substituents is 1. The van der Waals surface area contributed by atoms with E-state index < -0.39 is 10.9 Å². The molecule has 0 amide bonds. The summed E-state index contributed by atoms with van der Waals surface area (Å²) in [5.74, 6) is 0.803. The maximum absolute atomic E-state index is 12.4. The van der Waals surface area contributed by atoms with E-state index in [0.717, 1.165) is 22.0 Å². The second-order valence-corrected chi connectivity index (χ2v) is 8.22. The molecule has 1 heterocycles. The number of unbranched alkanes of at least 4 members (excludes halogenated alkanes) is 1. The molecule has 8 nitrogen and oxygen atoms in total. The average Bonchev–Trinajstić information content (AvgIpc) is 3.10. The van der Waals surface area contributed by atoms with E-state index in [2.05, 4.69) is 34.5 Å². The number of carbonyl (C=O) groups excluding carboxylic acids is 1. The number of aryl methyl sites for hydroxylation is 1. The van der Waals surface area contributed by atoms with Crippen molar-refractivity contribution >= 4 is 46.2 Å². The summed E-state index contributed by atoms with van der Waals surface area (Å²) in [4.78, 5) is 27.3. The molecular formula is C23H23IN2O6. The summed E-state index contributed by atoms with van der Waals surface area (Å²) in [6.45, 7) is 6.69. The number of aliphatic imine (C=N–C) groups is 1. The van der Waals surface area contributed by atoms with E-state index in [4.69, 9.17) is 14.2 Å². The Bertz CT molecular complexity index is 1110. The van der Waals surface area contributed by atoms with Gasteiger partial charge in [0.2, 0.25) is 5.90 Å². The van der Waals surface area contributed by atoms with Crippen LogP contribution in [0.25, 0.3) is 6.08 Å². The van der Waals surface area contributed by atoms with Gasteiger partial charge in [-0.25, -0.2) is 9.79 Å². The topological polar surface area (TPSA) is 100 Å². The third kappa shape index (κ3) is 5.45. The predicted octanol–water partition coefficient (Wildman–Crippen LogP) is 5.43. The molecular weight excluding hydrogens is 527 g/mol. The molecule has 0 saturated heterocycles. The summed E-state index contributed by atoms with van der Waals surface area (Å²) in [7, 11) is 0. The number of hydrogen-bond acceptors (Lipinski definition) is 7. The molecule has 0 unspecified atom stereocenters. The van der Waals surface area contributed by atoms with Gasteiger partial charge in [0.25, 0.3) is 5.69 Å². The van der Waals surface area contributed by atoms with Gasteiger partial charge in [-0.15, -0.1) is 0 Å². The van der Waals surface area contributed by atoms with Crippen LogP contribution in [0.2, 0.25) is 0 Å². The van der Waals surface area contributed by atoms with Crippen LogP contribution in [0, 0.1) is 20.6 Å². The first kappa shape index (κ1) is 23.7. The smallest absolute Gasteiger partial charge is 0.363 e. The molecule has 0 aromatic heterocycles. The first-order valence-electron chi connectivity index (χ1n) is 10.2. The number of benzene rings is 2. The molecule has 1 aliphatic heterocycles. The fraction of sp³-hybridized carbons (Fsp3) is 0.304. The minimum atomic E-state index is -0.591. The van der Waals surface area contributed by atoms with Gasteiger partial charge in [-0.1, -0.05) is 13.3 Å². The van der Waals surface area contributed by atoms with Crippen molar-refractivity contribution in [1.29, 1.82) is 0 Å². The zero-order valence-corrected chi connectivity index (χ0v) is 20.2. The molecule has 0 saturated carbocycles. The second-order valence-electron chi connectivity index (χ2n) is 7.06. The number of hydrogen-bond donors (Lipinski definition) is 0. The Morgan fingerprint density at radius 2 is 2.00 bits per heavy atom. The summed E-state index contributed by atoms with van der Waals surface area (Å²) in [5.41, 5.74) is 1.80. The molecule has 32 heavy (non-hydrogen) atoms. The first-order chi connectivity index (χ1) is 15.3. The van der Waals surface area contributed by atoms with Crippen LogP contribution >= 0.6 is 22.6 Å². The quantitative estimate of drug-likeness (QED) is 0.103. The monoisotopic (exact) mass is 550 g/mol. The van der Waals surface area contributed by atoms with Gasteiger partial charge < -0.3 is 14.2 Å². The highest BCUT2D eigenvalue weighted by atomic mass is 127. The molecule has 0 aliphatic carbocycles. The summed E-state index contributed by atoms with van der Waals surface area (Å²) < 4.78 is 17.8. The van der Waals surface area contributed by atoms with Gasteiger partial charge in [0, 0.05) is 17.2 Å². The van der Waals surface area contributed by atoms with Crippen molar-refractivity contribution in [2.75, 3.05) is 13.2 Å². The molecule has 168 valence electrons. The number of carbonyl (C=O) groups is 1. The van der Waals surface area contributed by atoms with Gasteiger partial charge in [-0.3, -0.25) is 10.1 Å². The van der Waals surface area contributed by atoms with Gasteiger partial charge in [-0.05, 0) is 78.8 Å². The van der Waals surface area contributed by atoms with E-state index in [0.29, 0.717) is 35.8 Å². The Morgan fingerprint density at radius 1 is 1.22 bits per heavy atom. The van der Waals surface area contributed by atoms with Crippen LogP contribution in [-0.2, 0) is 9.53 Å². The molecule has 1 aliphatic rings. The highest BCUT2D eigenvalue weighted by molar-refractivity contribution is 14.1. The summed E-state index contributed by atoms with van der Waals surface area (Å²) in [6.07, 6.45) is 3.59. The third-order valence-corrected chi connectivity index (χ3v) is 5.44. The lowest BCUT2D eigenvalue weighted by atomic mass is 10.1. The van der Waals surface area contributed by atoms with E-state index in [1.165, 1.54) is 12.1 Å². The molecule has 0 radical (unpaired) electrons. The van der Waals surface area contributed by atoms with Crippen LogP contribution in [0.3, 0.4) is 0 Å². The Balaban J connectivity index is 1.92. The molecule has 0 atom stereocenters. The number of nitrogens with zero attached hydrogens (tertiary/aromatic N) is 2. The fourth-order valence-electron chi connectivity index (χ4n) is 3.08.